The lowest BCUT2D eigenvalue weighted by Gasteiger charge is -2.21. The predicted octanol–water partition coefficient (Wildman–Crippen LogP) is -2.51. The zero-order chi connectivity index (χ0) is 9.35. The van der Waals surface area contributed by atoms with Crippen molar-refractivity contribution in [2.45, 2.75) is 23.8 Å². The standard InChI is InChI=1S/C6H8BNO4/c7-5-3(10)4(11)6(1-8,2-9)12-5/h3-5,9-11H,2H2. The number of nitriles is 1. The van der Waals surface area contributed by atoms with Gasteiger partial charge in [0.25, 0.3) is 0 Å². The highest BCUT2D eigenvalue weighted by molar-refractivity contribution is 6.11. The lowest BCUT2D eigenvalue weighted by Crippen LogP contribution is -2.45. The summed E-state index contributed by atoms with van der Waals surface area (Å²) in [5, 5.41) is 35.7. The van der Waals surface area contributed by atoms with Crippen LogP contribution in [0.5, 0.6) is 0 Å². The van der Waals surface area contributed by atoms with Crippen LogP contribution < -0.4 is 0 Å². The molecular weight excluding hydrogens is 161 g/mol. The van der Waals surface area contributed by atoms with E-state index >= 15 is 0 Å². The Bertz CT molecular complexity index is 218. The minimum atomic E-state index is -1.78. The van der Waals surface area contributed by atoms with E-state index < -0.39 is 30.4 Å². The Morgan fingerprint density at radius 1 is 1.58 bits per heavy atom. The van der Waals surface area contributed by atoms with Gasteiger partial charge in [-0.1, -0.05) is 0 Å². The molecule has 4 atom stereocenters. The fraction of sp³-hybridized carbons (Fsp3) is 0.833. The maximum Gasteiger partial charge on any atom is 0.204 e. The second kappa shape index (κ2) is 3.03. The first kappa shape index (κ1) is 9.48. The largest absolute Gasteiger partial charge is 0.392 e. The van der Waals surface area contributed by atoms with Crippen molar-refractivity contribution < 1.29 is 20.1 Å². The van der Waals surface area contributed by atoms with Gasteiger partial charge < -0.3 is 20.1 Å². The van der Waals surface area contributed by atoms with Gasteiger partial charge >= 0.3 is 0 Å². The average molecular weight is 169 g/mol. The lowest BCUT2D eigenvalue weighted by molar-refractivity contribution is -0.0600. The van der Waals surface area contributed by atoms with Crippen molar-refractivity contribution >= 4 is 7.85 Å². The first-order valence-electron chi connectivity index (χ1n) is 3.39. The van der Waals surface area contributed by atoms with Crippen molar-refractivity contribution in [3.05, 3.63) is 0 Å². The van der Waals surface area contributed by atoms with E-state index in [0.717, 1.165) is 0 Å². The van der Waals surface area contributed by atoms with E-state index in [2.05, 4.69) is 0 Å². The number of aliphatic hydroxyl groups excluding tert-OH is 3. The normalized spacial score (nSPS) is 47.3. The molecule has 5 nitrogen and oxygen atoms in total. The Morgan fingerprint density at radius 2 is 2.17 bits per heavy atom. The molecule has 0 amide bonds. The molecule has 1 aliphatic heterocycles. The summed E-state index contributed by atoms with van der Waals surface area (Å²) < 4.78 is 4.74. The molecule has 0 aliphatic carbocycles. The highest BCUT2D eigenvalue weighted by atomic mass is 16.6. The Labute approximate surface area is 70.6 Å². The Balaban J connectivity index is 2.89. The predicted molar refractivity (Wildman–Crippen MR) is 38.1 cm³/mol. The first-order chi connectivity index (χ1) is 5.57. The van der Waals surface area contributed by atoms with Gasteiger partial charge in [-0.25, -0.2) is 0 Å². The molecule has 12 heavy (non-hydrogen) atoms. The molecule has 3 N–H and O–H groups in total. The summed E-state index contributed by atoms with van der Waals surface area (Å²) in [6.45, 7) is -0.699. The topological polar surface area (TPSA) is 93.7 Å². The van der Waals surface area contributed by atoms with E-state index in [0.29, 0.717) is 0 Å². The second-order valence-corrected chi connectivity index (χ2v) is 2.68. The van der Waals surface area contributed by atoms with E-state index in [9.17, 15) is 5.11 Å². The Morgan fingerprint density at radius 3 is 2.33 bits per heavy atom. The molecule has 0 spiro atoms. The third-order valence-corrected chi connectivity index (χ3v) is 1.91. The molecule has 6 heteroatoms. The van der Waals surface area contributed by atoms with E-state index in [-0.39, 0.29) is 0 Å². The van der Waals surface area contributed by atoms with Gasteiger partial charge in [0.05, 0.1) is 6.61 Å². The number of hydrogen-bond donors (Lipinski definition) is 3. The second-order valence-electron chi connectivity index (χ2n) is 2.68. The van der Waals surface area contributed by atoms with Crippen molar-refractivity contribution in [1.29, 1.82) is 5.26 Å². The van der Waals surface area contributed by atoms with Crippen molar-refractivity contribution in [3.8, 4) is 6.07 Å². The van der Waals surface area contributed by atoms with Crippen molar-refractivity contribution in [2.75, 3.05) is 6.61 Å². The van der Waals surface area contributed by atoms with Gasteiger partial charge in [-0.3, -0.25) is 0 Å². The number of nitrogens with zero attached hydrogens (tertiary/aromatic N) is 1. The smallest absolute Gasteiger partial charge is 0.204 e. The fourth-order valence-electron chi connectivity index (χ4n) is 1.10. The van der Waals surface area contributed by atoms with Crippen LogP contribution in [0.15, 0.2) is 0 Å². The van der Waals surface area contributed by atoms with Crippen LogP contribution in [0.4, 0.5) is 0 Å². The summed E-state index contributed by atoms with van der Waals surface area (Å²) in [4.78, 5) is 0. The molecule has 0 aromatic carbocycles. The van der Waals surface area contributed by atoms with E-state index in [4.69, 9.17) is 28.1 Å². The number of ether oxygens (including phenoxy) is 1. The van der Waals surface area contributed by atoms with Gasteiger partial charge in [-0.05, 0) is 0 Å². The highest BCUT2D eigenvalue weighted by Crippen LogP contribution is 2.28. The number of hydrogen-bond acceptors (Lipinski definition) is 5. The summed E-state index contributed by atoms with van der Waals surface area (Å²) in [6.07, 6.45) is -2.81. The molecule has 1 aliphatic rings. The summed E-state index contributed by atoms with van der Waals surface area (Å²) in [7, 11) is 5.20. The van der Waals surface area contributed by atoms with Crippen LogP contribution >= 0.6 is 0 Å². The highest BCUT2D eigenvalue weighted by Gasteiger charge is 2.52. The molecule has 0 aromatic rings. The molecule has 0 saturated carbocycles. The van der Waals surface area contributed by atoms with E-state index in [1.807, 2.05) is 0 Å². The van der Waals surface area contributed by atoms with Gasteiger partial charge in [-0.15, -0.1) is 0 Å². The molecule has 64 valence electrons. The molecule has 1 heterocycles. The van der Waals surface area contributed by atoms with E-state index in [1.165, 1.54) is 0 Å². The SMILES string of the molecule is [B]C1OC(C#N)(CO)C(O)C1O. The van der Waals surface area contributed by atoms with Gasteiger partial charge in [-0.2, -0.15) is 5.26 Å². The molecule has 0 bridgehead atoms. The minimum Gasteiger partial charge on any atom is -0.392 e. The van der Waals surface area contributed by atoms with Crippen LogP contribution in [-0.2, 0) is 4.74 Å². The van der Waals surface area contributed by atoms with Crippen molar-refractivity contribution in [3.63, 3.8) is 0 Å². The lowest BCUT2D eigenvalue weighted by atomic mass is 9.90. The van der Waals surface area contributed by atoms with Crippen LogP contribution in [-0.4, -0.2) is 53.6 Å². The zero-order valence-corrected chi connectivity index (χ0v) is 6.21. The summed E-state index contributed by atoms with van der Waals surface area (Å²) in [5.74, 6) is 0. The molecular formula is C6H8BNO4. The first-order valence-corrected chi connectivity index (χ1v) is 3.39. The molecule has 1 saturated heterocycles. The Kier molecular flexibility index (Phi) is 2.40. The van der Waals surface area contributed by atoms with Gasteiger partial charge in [0, 0.05) is 6.00 Å². The van der Waals surface area contributed by atoms with E-state index in [1.54, 1.807) is 6.07 Å². The monoisotopic (exact) mass is 169 g/mol. The van der Waals surface area contributed by atoms with Crippen LogP contribution in [0.25, 0.3) is 0 Å². The third-order valence-electron chi connectivity index (χ3n) is 1.91. The summed E-state index contributed by atoms with van der Waals surface area (Å²) in [5.41, 5.74) is -1.78. The third kappa shape index (κ3) is 1.11. The van der Waals surface area contributed by atoms with Crippen molar-refractivity contribution in [1.82, 2.24) is 0 Å². The zero-order valence-electron chi connectivity index (χ0n) is 6.21. The summed E-state index contributed by atoms with van der Waals surface area (Å²) >= 11 is 0. The number of rotatable bonds is 1. The van der Waals surface area contributed by atoms with Crippen LogP contribution in [0.3, 0.4) is 0 Å². The number of aliphatic hydroxyl groups is 3. The maximum atomic E-state index is 9.24. The molecule has 2 radical (unpaired) electrons. The average Bonchev–Trinajstić information content (AvgIpc) is 2.30. The molecule has 1 rings (SSSR count). The quantitative estimate of drug-likeness (QED) is 0.377. The maximum absolute atomic E-state index is 9.24. The van der Waals surface area contributed by atoms with Gasteiger partial charge in [0.2, 0.25) is 5.60 Å². The van der Waals surface area contributed by atoms with Crippen LogP contribution in [0, 0.1) is 11.3 Å². The van der Waals surface area contributed by atoms with Gasteiger partial charge in [0.1, 0.15) is 26.1 Å². The minimum absolute atomic E-state index is 0.699. The van der Waals surface area contributed by atoms with Crippen LogP contribution in [0.1, 0.15) is 0 Å². The Hall–Kier alpha value is -0.605. The van der Waals surface area contributed by atoms with Crippen molar-refractivity contribution in [2.24, 2.45) is 0 Å². The molecule has 0 aromatic heterocycles. The van der Waals surface area contributed by atoms with Gasteiger partial charge in [0.15, 0.2) is 0 Å². The van der Waals surface area contributed by atoms with Crippen LogP contribution in [0.2, 0.25) is 0 Å². The molecule has 1 fully saturated rings. The fourth-order valence-corrected chi connectivity index (χ4v) is 1.10. The summed E-state index contributed by atoms with van der Waals surface area (Å²) in [6, 6.07) is 0.443. The molecule has 4 unspecified atom stereocenters.